The number of aromatic nitrogens is 3. The smallest absolute Gasteiger partial charge is 0.303 e. The first-order valence-corrected chi connectivity index (χ1v) is 11.0. The summed E-state index contributed by atoms with van der Waals surface area (Å²) < 4.78 is 1.28. The van der Waals surface area contributed by atoms with Crippen molar-refractivity contribution in [2.24, 2.45) is 5.73 Å². The van der Waals surface area contributed by atoms with E-state index in [1.165, 1.54) is 21.9 Å². The number of carbonyl (C=O) groups excluding carboxylic acids is 1. The molecule has 5 N–H and O–H groups in total. The third-order valence-electron chi connectivity index (χ3n) is 5.06. The molecule has 4 rings (SSSR count). The van der Waals surface area contributed by atoms with Gasteiger partial charge in [-0.3, -0.25) is 14.4 Å². The molecule has 0 bridgehead atoms. The van der Waals surface area contributed by atoms with Crippen molar-refractivity contribution < 1.29 is 14.7 Å². The second-order valence-electron chi connectivity index (χ2n) is 7.40. The Balaban J connectivity index is 1.55. The maximum Gasteiger partial charge on any atom is 0.303 e. The summed E-state index contributed by atoms with van der Waals surface area (Å²) >= 11 is 1.28. The molecular weight excluding hydrogens is 434 g/mol. The molecule has 0 spiro atoms. The van der Waals surface area contributed by atoms with Crippen LogP contribution in [0.15, 0.2) is 35.1 Å². The van der Waals surface area contributed by atoms with Crippen molar-refractivity contribution in [2.75, 3.05) is 36.4 Å². The molecule has 3 aromatic rings. The molecule has 0 radical (unpaired) electrons. The second-order valence-corrected chi connectivity index (χ2v) is 8.36. The van der Waals surface area contributed by atoms with Gasteiger partial charge in [-0.2, -0.15) is 9.61 Å². The molecule has 1 atom stereocenters. The molecule has 2 aromatic heterocycles. The summed E-state index contributed by atoms with van der Waals surface area (Å²) in [6.45, 7) is 3.25. The van der Waals surface area contributed by atoms with Gasteiger partial charge < -0.3 is 26.4 Å². The fraction of sp³-hybridized carbons (Fsp3) is 0.350. The minimum Gasteiger partial charge on any atom is -0.481 e. The lowest BCUT2D eigenvalue weighted by atomic mass is 10.1. The molecule has 1 fully saturated rings. The van der Waals surface area contributed by atoms with Crippen molar-refractivity contribution in [3.05, 3.63) is 40.7 Å². The van der Waals surface area contributed by atoms with Crippen LogP contribution in [-0.2, 0) is 9.59 Å². The Morgan fingerprint density at radius 3 is 2.81 bits per heavy atom. The molecule has 0 aliphatic carbocycles. The fourth-order valence-electron chi connectivity index (χ4n) is 3.35. The van der Waals surface area contributed by atoms with Gasteiger partial charge in [0.1, 0.15) is 10.8 Å². The van der Waals surface area contributed by atoms with Crippen LogP contribution in [0.25, 0.3) is 15.5 Å². The second kappa shape index (κ2) is 9.42. The Kier molecular flexibility index (Phi) is 6.44. The molecule has 168 valence electrons. The van der Waals surface area contributed by atoms with Crippen molar-refractivity contribution in [1.29, 1.82) is 0 Å². The molecule has 0 unspecified atom stereocenters. The van der Waals surface area contributed by atoms with Crippen LogP contribution < -0.4 is 26.8 Å². The van der Waals surface area contributed by atoms with E-state index in [0.717, 1.165) is 26.2 Å². The lowest BCUT2D eigenvalue weighted by molar-refractivity contribution is -0.137. The largest absolute Gasteiger partial charge is 0.481 e. The molecule has 1 aliphatic heterocycles. The van der Waals surface area contributed by atoms with E-state index in [9.17, 15) is 14.4 Å². The SMILES string of the molecule is N[C@@H](CCC(=O)O)C(=O)Nc1cccc(-c2nn3c(=O)cc(N4CCNCC4)nc3s2)c1. The van der Waals surface area contributed by atoms with E-state index in [4.69, 9.17) is 10.8 Å². The first-order chi connectivity index (χ1) is 15.4. The first kappa shape index (κ1) is 21.9. The Hall–Kier alpha value is -3.35. The zero-order valence-electron chi connectivity index (χ0n) is 17.2. The number of carboxylic acids is 1. The number of nitrogens with two attached hydrogens (primary N) is 1. The van der Waals surface area contributed by atoms with Crippen molar-refractivity contribution in [3.8, 4) is 10.6 Å². The minimum absolute atomic E-state index is 0.0444. The zero-order chi connectivity index (χ0) is 22.7. The van der Waals surface area contributed by atoms with Gasteiger partial charge in [-0.1, -0.05) is 23.5 Å². The predicted octanol–water partition coefficient (Wildman–Crippen LogP) is 0.358. The van der Waals surface area contributed by atoms with Gasteiger partial charge in [0.05, 0.1) is 6.04 Å². The molecule has 12 heteroatoms. The number of amides is 1. The highest BCUT2D eigenvalue weighted by Gasteiger charge is 2.18. The van der Waals surface area contributed by atoms with Crippen LogP contribution in [0.4, 0.5) is 11.5 Å². The first-order valence-electron chi connectivity index (χ1n) is 10.2. The van der Waals surface area contributed by atoms with Gasteiger partial charge in [-0.25, -0.2) is 4.98 Å². The van der Waals surface area contributed by atoms with Crippen molar-refractivity contribution >= 4 is 39.7 Å². The standard InChI is InChI=1S/C20H23N7O4S/c21-14(4-5-17(29)30)18(31)23-13-3-1-2-12(10-13)19-25-27-16(28)11-15(24-20(27)32-19)26-8-6-22-7-9-26/h1-3,10-11,14,22H,4-9,21H2,(H,23,31)(H,29,30)/t14-/m0/s1. The van der Waals surface area contributed by atoms with Gasteiger partial charge in [-0.15, -0.1) is 0 Å². The summed E-state index contributed by atoms with van der Waals surface area (Å²) in [6, 6.07) is 7.57. The number of carbonyl (C=O) groups is 2. The van der Waals surface area contributed by atoms with E-state index in [-0.39, 0.29) is 18.4 Å². The normalized spacial score (nSPS) is 15.0. The van der Waals surface area contributed by atoms with Gasteiger partial charge in [0.15, 0.2) is 0 Å². The van der Waals surface area contributed by atoms with E-state index in [1.54, 1.807) is 18.2 Å². The quantitative estimate of drug-likeness (QED) is 0.393. The molecule has 32 heavy (non-hydrogen) atoms. The molecule has 1 aromatic carbocycles. The number of rotatable bonds is 7. The molecule has 1 aliphatic rings. The monoisotopic (exact) mass is 457 g/mol. The van der Waals surface area contributed by atoms with Crippen molar-refractivity contribution in [3.63, 3.8) is 0 Å². The highest BCUT2D eigenvalue weighted by molar-refractivity contribution is 7.19. The van der Waals surface area contributed by atoms with Crippen molar-refractivity contribution in [1.82, 2.24) is 19.9 Å². The summed E-state index contributed by atoms with van der Waals surface area (Å²) in [7, 11) is 0. The van der Waals surface area contributed by atoms with Crippen LogP contribution in [0.3, 0.4) is 0 Å². The molecule has 0 saturated carbocycles. The van der Waals surface area contributed by atoms with Crippen LogP contribution in [-0.4, -0.2) is 63.8 Å². The van der Waals surface area contributed by atoms with Crippen LogP contribution in [0, 0.1) is 0 Å². The Morgan fingerprint density at radius 1 is 1.28 bits per heavy atom. The predicted molar refractivity (Wildman–Crippen MR) is 121 cm³/mol. The van der Waals surface area contributed by atoms with E-state index >= 15 is 0 Å². The lowest BCUT2D eigenvalue weighted by Gasteiger charge is -2.27. The third-order valence-corrected chi connectivity index (χ3v) is 6.01. The van der Waals surface area contributed by atoms with E-state index in [2.05, 4.69) is 25.6 Å². The number of nitrogens with one attached hydrogen (secondary N) is 2. The Bertz CT molecular complexity index is 1200. The van der Waals surface area contributed by atoms with Gasteiger partial charge >= 0.3 is 5.97 Å². The number of hydrogen-bond acceptors (Lipinski definition) is 9. The number of hydrogen-bond donors (Lipinski definition) is 4. The molecule has 1 saturated heterocycles. The number of carboxylic acid groups (broad SMARTS) is 1. The maximum atomic E-state index is 12.6. The van der Waals surface area contributed by atoms with Crippen LogP contribution in [0.5, 0.6) is 0 Å². The average Bonchev–Trinajstić information content (AvgIpc) is 3.23. The number of aliphatic carboxylic acids is 1. The number of nitrogens with zero attached hydrogens (tertiary/aromatic N) is 4. The summed E-state index contributed by atoms with van der Waals surface area (Å²) in [5.74, 6) is -0.829. The van der Waals surface area contributed by atoms with Gasteiger partial charge in [0.25, 0.3) is 5.56 Å². The summed E-state index contributed by atoms with van der Waals surface area (Å²) in [5, 5.41) is 19.7. The Labute approximate surface area is 186 Å². The topological polar surface area (TPSA) is 155 Å². The molecular formula is C20H23N7O4S. The van der Waals surface area contributed by atoms with Crippen LogP contribution in [0.1, 0.15) is 12.8 Å². The molecule has 1 amide bonds. The maximum absolute atomic E-state index is 12.6. The van der Waals surface area contributed by atoms with E-state index in [0.29, 0.717) is 27.0 Å². The number of fused-ring (bicyclic) bond motifs is 1. The van der Waals surface area contributed by atoms with Crippen molar-refractivity contribution in [2.45, 2.75) is 18.9 Å². The van der Waals surface area contributed by atoms with Gasteiger partial charge in [0, 0.05) is 49.9 Å². The van der Waals surface area contributed by atoms with E-state index in [1.807, 2.05) is 6.07 Å². The Morgan fingerprint density at radius 2 is 2.06 bits per heavy atom. The third kappa shape index (κ3) is 4.93. The number of anilines is 2. The highest BCUT2D eigenvalue weighted by atomic mass is 32.1. The van der Waals surface area contributed by atoms with Gasteiger partial charge in [-0.05, 0) is 18.6 Å². The van der Waals surface area contributed by atoms with Crippen LogP contribution >= 0.6 is 11.3 Å². The number of benzene rings is 1. The fourth-order valence-corrected chi connectivity index (χ4v) is 4.24. The minimum atomic E-state index is -1.00. The highest BCUT2D eigenvalue weighted by Crippen LogP contribution is 2.27. The molecule has 3 heterocycles. The van der Waals surface area contributed by atoms with Gasteiger partial charge in [0.2, 0.25) is 10.9 Å². The zero-order valence-corrected chi connectivity index (χ0v) is 18.0. The van der Waals surface area contributed by atoms with E-state index < -0.39 is 17.9 Å². The van der Waals surface area contributed by atoms with Crippen LogP contribution in [0.2, 0.25) is 0 Å². The summed E-state index contributed by atoms with van der Waals surface area (Å²) in [6.07, 6.45) is -0.138. The molecule has 11 nitrogen and oxygen atoms in total. The summed E-state index contributed by atoms with van der Waals surface area (Å²) in [5.41, 5.74) is 6.72. The number of piperazine rings is 1. The lowest BCUT2D eigenvalue weighted by Crippen LogP contribution is -2.44. The average molecular weight is 458 g/mol. The summed E-state index contributed by atoms with van der Waals surface area (Å²) in [4.78, 5) is 42.7.